The third-order valence-electron chi connectivity index (χ3n) is 2.95. The lowest BCUT2D eigenvalue weighted by Gasteiger charge is -2.20. The highest BCUT2D eigenvalue weighted by Crippen LogP contribution is 2.24. The van der Waals surface area contributed by atoms with E-state index in [0.29, 0.717) is 12.8 Å². The number of alkyl carbamates (subject to hydrolysis) is 1. The minimum atomic E-state index is -4.22. The van der Waals surface area contributed by atoms with E-state index >= 15 is 0 Å². The summed E-state index contributed by atoms with van der Waals surface area (Å²) >= 11 is 0. The molecule has 8 nitrogen and oxygen atoms in total. The third kappa shape index (κ3) is 7.60. The van der Waals surface area contributed by atoms with Crippen molar-refractivity contribution >= 4 is 22.2 Å². The van der Waals surface area contributed by atoms with Gasteiger partial charge in [0.2, 0.25) is 0 Å². The maximum atomic E-state index is 11.6. The lowest BCUT2D eigenvalue weighted by Crippen LogP contribution is -2.36. The highest BCUT2D eigenvalue weighted by atomic mass is 32.2. The van der Waals surface area contributed by atoms with Gasteiger partial charge in [0.05, 0.1) is 5.92 Å². The molecule has 1 aliphatic carbocycles. The average molecular weight is 337 g/mol. The van der Waals surface area contributed by atoms with E-state index in [-0.39, 0.29) is 5.92 Å². The smallest absolute Gasteiger partial charge is 0.408 e. The van der Waals surface area contributed by atoms with Gasteiger partial charge < -0.3 is 10.1 Å². The number of carbonyl (C=O) groups is 2. The predicted octanol–water partition coefficient (Wildman–Crippen LogP) is 1.85. The van der Waals surface area contributed by atoms with E-state index in [1.807, 2.05) is 5.32 Å². The molecule has 1 N–H and O–H groups in total. The summed E-state index contributed by atoms with van der Waals surface area (Å²) in [6.07, 6.45) is 3.30. The zero-order valence-corrected chi connectivity index (χ0v) is 13.9. The van der Waals surface area contributed by atoms with Crippen molar-refractivity contribution in [3.8, 4) is 0 Å². The molecule has 0 spiro atoms. The summed E-state index contributed by atoms with van der Waals surface area (Å²) in [6.45, 7) is 4.93. The maximum absolute atomic E-state index is 11.6. The van der Waals surface area contributed by atoms with Crippen LogP contribution in [0.3, 0.4) is 0 Å². The molecule has 1 rings (SSSR count). The maximum Gasteiger partial charge on any atom is 0.408 e. The Kier molecular flexibility index (Phi) is 6.61. The monoisotopic (exact) mass is 337 g/mol. The second-order valence-corrected chi connectivity index (χ2v) is 7.73. The zero-order chi connectivity index (χ0) is 16.8. The zero-order valence-electron chi connectivity index (χ0n) is 13.1. The molecule has 0 bridgehead atoms. The molecule has 0 unspecified atom stereocenters. The molecule has 1 saturated carbocycles. The fourth-order valence-corrected chi connectivity index (χ4v) is 2.49. The first-order valence-electron chi connectivity index (χ1n) is 7.18. The van der Waals surface area contributed by atoms with Gasteiger partial charge in [0.15, 0.2) is 5.88 Å². The standard InChI is InChI=1S/C13H23NO7S/c1-13(2,3)19-12(16)14-9-22(17,18)21-20-11(15)10-7-5-4-6-8-10/h10H,4-9H2,1-3H3,(H,14,16). The van der Waals surface area contributed by atoms with Gasteiger partial charge in [0.25, 0.3) is 0 Å². The lowest BCUT2D eigenvalue weighted by atomic mass is 9.89. The van der Waals surface area contributed by atoms with E-state index in [1.165, 1.54) is 0 Å². The van der Waals surface area contributed by atoms with E-state index in [4.69, 9.17) is 4.74 Å². The van der Waals surface area contributed by atoms with Crippen LogP contribution in [0.4, 0.5) is 4.79 Å². The number of ether oxygens (including phenoxy) is 1. The van der Waals surface area contributed by atoms with Gasteiger partial charge in [-0.2, -0.15) is 8.42 Å². The second-order valence-electron chi connectivity index (χ2n) is 6.19. The summed E-state index contributed by atoms with van der Waals surface area (Å²) in [5.74, 6) is -1.87. The molecule has 0 radical (unpaired) electrons. The summed E-state index contributed by atoms with van der Waals surface area (Å²) in [5, 5.41) is 2.02. The van der Waals surface area contributed by atoms with E-state index in [2.05, 4.69) is 9.22 Å². The fraction of sp³-hybridized carbons (Fsp3) is 0.846. The van der Waals surface area contributed by atoms with Crippen LogP contribution in [0.2, 0.25) is 0 Å². The Labute approximate surface area is 130 Å². The Balaban J connectivity index is 2.34. The minimum Gasteiger partial charge on any atom is -0.444 e. The summed E-state index contributed by atoms with van der Waals surface area (Å²) in [5.41, 5.74) is -0.748. The van der Waals surface area contributed by atoms with E-state index < -0.39 is 33.7 Å². The molecular formula is C13H23NO7S. The highest BCUT2D eigenvalue weighted by Gasteiger charge is 2.26. The topological polar surface area (TPSA) is 108 Å². The van der Waals surface area contributed by atoms with Gasteiger partial charge in [-0.15, -0.1) is 0 Å². The Morgan fingerprint density at radius 2 is 1.73 bits per heavy atom. The molecule has 22 heavy (non-hydrogen) atoms. The van der Waals surface area contributed by atoms with Crippen LogP contribution in [0, 0.1) is 5.92 Å². The summed E-state index contributed by atoms with van der Waals surface area (Å²) in [4.78, 5) is 27.3. The molecule has 1 fully saturated rings. The number of hydrogen-bond acceptors (Lipinski definition) is 7. The van der Waals surface area contributed by atoms with Crippen LogP contribution < -0.4 is 5.32 Å². The van der Waals surface area contributed by atoms with Crippen molar-refractivity contribution in [2.75, 3.05) is 5.88 Å². The van der Waals surface area contributed by atoms with Gasteiger partial charge in [-0.3, -0.25) is 4.89 Å². The molecule has 1 aliphatic rings. The van der Waals surface area contributed by atoms with Crippen molar-refractivity contribution in [2.45, 2.75) is 58.5 Å². The molecule has 1 amide bonds. The van der Waals surface area contributed by atoms with Gasteiger partial charge in [0, 0.05) is 0 Å². The van der Waals surface area contributed by atoms with Crippen molar-refractivity contribution < 1.29 is 32.0 Å². The quantitative estimate of drug-likeness (QED) is 0.602. The van der Waals surface area contributed by atoms with E-state index in [9.17, 15) is 18.0 Å². The molecule has 0 aliphatic heterocycles. The molecule has 128 valence electrons. The van der Waals surface area contributed by atoms with Gasteiger partial charge in [-0.05, 0) is 33.6 Å². The normalized spacial score (nSPS) is 16.9. The average Bonchev–Trinajstić information content (AvgIpc) is 2.42. The van der Waals surface area contributed by atoms with Gasteiger partial charge in [-0.25, -0.2) is 9.59 Å². The molecule has 0 atom stereocenters. The van der Waals surface area contributed by atoms with Crippen molar-refractivity contribution in [3.05, 3.63) is 0 Å². The van der Waals surface area contributed by atoms with Gasteiger partial charge >= 0.3 is 22.2 Å². The predicted molar refractivity (Wildman–Crippen MR) is 76.9 cm³/mol. The van der Waals surface area contributed by atoms with Crippen molar-refractivity contribution in [1.29, 1.82) is 0 Å². The first kappa shape index (κ1) is 18.7. The fourth-order valence-electron chi connectivity index (χ4n) is 1.98. The lowest BCUT2D eigenvalue weighted by molar-refractivity contribution is -0.217. The number of carbonyl (C=O) groups excluding carboxylic acids is 2. The first-order valence-corrected chi connectivity index (χ1v) is 8.76. The van der Waals surface area contributed by atoms with Crippen molar-refractivity contribution in [3.63, 3.8) is 0 Å². The molecule has 0 heterocycles. The molecule has 0 aromatic heterocycles. The summed E-state index contributed by atoms with van der Waals surface area (Å²) in [6, 6.07) is 0. The molecule has 9 heteroatoms. The van der Waals surface area contributed by atoms with Crippen LogP contribution in [0.25, 0.3) is 0 Å². The van der Waals surface area contributed by atoms with Crippen LogP contribution >= 0.6 is 0 Å². The number of hydrogen-bond donors (Lipinski definition) is 1. The number of rotatable bonds is 5. The number of nitrogens with one attached hydrogen (secondary N) is 1. The Hall–Kier alpha value is -1.35. The Bertz CT molecular complexity index is 489. The first-order chi connectivity index (χ1) is 10.1. The van der Waals surface area contributed by atoms with Crippen molar-refractivity contribution in [1.82, 2.24) is 5.32 Å². The SMILES string of the molecule is CC(C)(C)OC(=O)NCS(=O)(=O)OOC(=O)C1CCCCC1. The van der Waals surface area contributed by atoms with E-state index in [1.54, 1.807) is 20.8 Å². The Morgan fingerprint density at radius 3 is 2.27 bits per heavy atom. The summed E-state index contributed by atoms with van der Waals surface area (Å²) < 4.78 is 32.1. The molecule has 0 saturated heterocycles. The van der Waals surface area contributed by atoms with Crippen LogP contribution in [-0.2, 0) is 28.9 Å². The largest absolute Gasteiger partial charge is 0.444 e. The summed E-state index contributed by atoms with van der Waals surface area (Å²) in [7, 11) is -4.22. The van der Waals surface area contributed by atoms with Gasteiger partial charge in [-0.1, -0.05) is 23.6 Å². The van der Waals surface area contributed by atoms with Crippen LogP contribution in [0.5, 0.6) is 0 Å². The molecule has 0 aromatic rings. The molecule has 0 aromatic carbocycles. The molecular weight excluding hydrogens is 314 g/mol. The van der Waals surface area contributed by atoms with Crippen LogP contribution in [0.1, 0.15) is 52.9 Å². The van der Waals surface area contributed by atoms with Crippen LogP contribution in [-0.4, -0.2) is 32.0 Å². The highest BCUT2D eigenvalue weighted by molar-refractivity contribution is 7.86. The third-order valence-corrected chi connectivity index (χ3v) is 3.72. The second kappa shape index (κ2) is 7.77. The number of amides is 1. The van der Waals surface area contributed by atoms with E-state index in [0.717, 1.165) is 19.3 Å². The minimum absolute atomic E-state index is 0.331. The van der Waals surface area contributed by atoms with Crippen LogP contribution in [0.15, 0.2) is 0 Å². The Morgan fingerprint density at radius 1 is 1.14 bits per heavy atom. The van der Waals surface area contributed by atoms with Crippen molar-refractivity contribution in [2.24, 2.45) is 5.92 Å². The van der Waals surface area contributed by atoms with Gasteiger partial charge in [0.1, 0.15) is 5.60 Å².